The molecule has 2 N–H and O–H groups in total. The molecule has 1 atom stereocenters. The van der Waals surface area contributed by atoms with Crippen LogP contribution >= 0.6 is 0 Å². The number of nitrogens with two attached hydrogens (primary N) is 1. The van der Waals surface area contributed by atoms with Crippen molar-refractivity contribution in [3.8, 4) is 0 Å². The van der Waals surface area contributed by atoms with Crippen LogP contribution in [0.25, 0.3) is 0 Å². The fraction of sp³-hybridized carbons (Fsp3) is 0.533. The average molecular weight is 304 g/mol. The molecule has 2 aromatic rings. The number of nitrogens with zero attached hydrogens (tertiary/aromatic N) is 3. The molecule has 0 aliphatic carbocycles. The number of hydrogen-bond donors (Lipinski definition) is 1. The molecule has 0 radical (unpaired) electrons. The molecular formula is C15H20N4O3. The highest BCUT2D eigenvalue weighted by atomic mass is 16.5. The van der Waals surface area contributed by atoms with Crippen molar-refractivity contribution in [2.75, 3.05) is 6.54 Å². The van der Waals surface area contributed by atoms with Gasteiger partial charge in [0, 0.05) is 12.5 Å². The minimum atomic E-state index is -0.139. The maximum absolute atomic E-state index is 12.6. The molecule has 22 heavy (non-hydrogen) atoms. The Morgan fingerprint density at radius 1 is 1.55 bits per heavy atom. The van der Waals surface area contributed by atoms with Gasteiger partial charge in [-0.05, 0) is 18.9 Å². The van der Waals surface area contributed by atoms with Gasteiger partial charge in [-0.1, -0.05) is 19.0 Å². The third-order valence-electron chi connectivity index (χ3n) is 3.86. The summed E-state index contributed by atoms with van der Waals surface area (Å²) in [6.45, 7) is 4.95. The van der Waals surface area contributed by atoms with Gasteiger partial charge in [0.2, 0.25) is 5.89 Å². The lowest BCUT2D eigenvalue weighted by atomic mass is 10.2. The fourth-order valence-corrected chi connectivity index (χ4v) is 2.66. The van der Waals surface area contributed by atoms with E-state index in [9.17, 15) is 4.79 Å². The molecule has 0 bridgehead atoms. The number of carbonyl (C=O) groups is 1. The van der Waals surface area contributed by atoms with Gasteiger partial charge in [0.1, 0.15) is 12.0 Å². The molecule has 2 aromatic heterocycles. The van der Waals surface area contributed by atoms with Crippen LogP contribution in [-0.4, -0.2) is 27.5 Å². The van der Waals surface area contributed by atoms with Gasteiger partial charge >= 0.3 is 0 Å². The maximum Gasteiger partial charge on any atom is 0.257 e. The summed E-state index contributed by atoms with van der Waals surface area (Å²) in [5.74, 6) is 1.87. The van der Waals surface area contributed by atoms with E-state index in [0.717, 1.165) is 12.8 Å². The molecule has 118 valence electrons. The van der Waals surface area contributed by atoms with Gasteiger partial charge in [-0.25, -0.2) is 0 Å². The number of likely N-dealkylation sites (tertiary alicyclic amines) is 1. The molecule has 1 unspecified atom stereocenters. The molecule has 3 rings (SSSR count). The first-order valence-electron chi connectivity index (χ1n) is 7.52. The highest BCUT2D eigenvalue weighted by molar-refractivity contribution is 5.94. The summed E-state index contributed by atoms with van der Waals surface area (Å²) in [7, 11) is 0. The van der Waals surface area contributed by atoms with E-state index in [2.05, 4.69) is 10.1 Å². The van der Waals surface area contributed by atoms with E-state index in [1.54, 1.807) is 11.0 Å². The zero-order valence-corrected chi connectivity index (χ0v) is 12.8. The van der Waals surface area contributed by atoms with Gasteiger partial charge in [-0.2, -0.15) is 4.98 Å². The lowest BCUT2D eigenvalue weighted by molar-refractivity contribution is 0.0727. The smallest absolute Gasteiger partial charge is 0.257 e. The molecular weight excluding hydrogens is 284 g/mol. The summed E-state index contributed by atoms with van der Waals surface area (Å²) in [5, 5.41) is 4.04. The summed E-state index contributed by atoms with van der Waals surface area (Å²) >= 11 is 0. The second kappa shape index (κ2) is 5.92. The van der Waals surface area contributed by atoms with Crippen molar-refractivity contribution in [2.24, 2.45) is 5.73 Å². The van der Waals surface area contributed by atoms with E-state index in [0.29, 0.717) is 29.6 Å². The summed E-state index contributed by atoms with van der Waals surface area (Å²) < 4.78 is 10.5. The van der Waals surface area contributed by atoms with Crippen LogP contribution in [0.1, 0.15) is 66.5 Å². The highest BCUT2D eigenvalue weighted by Gasteiger charge is 2.34. The minimum Gasteiger partial charge on any atom is -0.467 e. The Balaban J connectivity index is 1.81. The Morgan fingerprint density at radius 2 is 2.36 bits per heavy atom. The molecule has 3 heterocycles. The van der Waals surface area contributed by atoms with Crippen molar-refractivity contribution in [3.63, 3.8) is 0 Å². The fourth-order valence-electron chi connectivity index (χ4n) is 2.66. The molecule has 7 heteroatoms. The van der Waals surface area contributed by atoms with Gasteiger partial charge < -0.3 is 19.6 Å². The molecule has 1 saturated heterocycles. The number of amides is 1. The van der Waals surface area contributed by atoms with Crippen LogP contribution in [0.5, 0.6) is 0 Å². The maximum atomic E-state index is 12.6. The molecule has 0 spiro atoms. The molecule has 1 aliphatic heterocycles. The normalized spacial score (nSPS) is 18.4. The number of rotatable bonds is 4. The third-order valence-corrected chi connectivity index (χ3v) is 3.86. The largest absolute Gasteiger partial charge is 0.467 e. The van der Waals surface area contributed by atoms with Gasteiger partial charge in [0.05, 0.1) is 18.2 Å². The monoisotopic (exact) mass is 304 g/mol. The standard InChI is InChI=1S/C15H20N4O3/c1-9(2)14-17-13(18-22-14)12-4-3-5-19(12)15(20)10-6-11(7-16)21-8-10/h6,8-9,12H,3-5,7,16H2,1-2H3. The first-order chi connectivity index (χ1) is 10.6. The quantitative estimate of drug-likeness (QED) is 0.930. The predicted molar refractivity (Wildman–Crippen MR) is 78.0 cm³/mol. The van der Waals surface area contributed by atoms with Gasteiger partial charge in [-0.15, -0.1) is 0 Å². The van der Waals surface area contributed by atoms with E-state index in [1.165, 1.54) is 6.26 Å². The van der Waals surface area contributed by atoms with E-state index < -0.39 is 0 Å². The predicted octanol–water partition coefficient (Wildman–Crippen LogP) is 2.22. The van der Waals surface area contributed by atoms with Crippen molar-refractivity contribution >= 4 is 5.91 Å². The summed E-state index contributed by atoms with van der Waals surface area (Å²) in [6.07, 6.45) is 3.21. The van der Waals surface area contributed by atoms with Gasteiger partial charge in [0.15, 0.2) is 5.82 Å². The topological polar surface area (TPSA) is 98.4 Å². The van der Waals surface area contributed by atoms with Crippen LogP contribution in [0.2, 0.25) is 0 Å². The number of aromatic nitrogens is 2. The minimum absolute atomic E-state index is 0.0816. The SMILES string of the molecule is CC(C)c1nc(C2CCCN2C(=O)c2coc(CN)c2)no1. The number of furan rings is 1. The van der Waals surface area contributed by atoms with E-state index in [1.807, 2.05) is 13.8 Å². The Hall–Kier alpha value is -2.15. The summed E-state index contributed by atoms with van der Waals surface area (Å²) in [4.78, 5) is 18.8. The van der Waals surface area contributed by atoms with Crippen molar-refractivity contribution in [3.05, 3.63) is 35.4 Å². The van der Waals surface area contributed by atoms with Crippen molar-refractivity contribution in [1.82, 2.24) is 15.0 Å². The van der Waals surface area contributed by atoms with E-state index in [4.69, 9.17) is 14.7 Å². The van der Waals surface area contributed by atoms with Crippen molar-refractivity contribution in [2.45, 2.75) is 45.2 Å². The van der Waals surface area contributed by atoms with Crippen LogP contribution in [0, 0.1) is 0 Å². The number of hydrogen-bond acceptors (Lipinski definition) is 6. The molecule has 0 aromatic carbocycles. The van der Waals surface area contributed by atoms with E-state index in [-0.39, 0.29) is 24.4 Å². The molecule has 1 aliphatic rings. The third kappa shape index (κ3) is 2.64. The van der Waals surface area contributed by atoms with Gasteiger partial charge in [0.25, 0.3) is 5.91 Å². The Kier molecular flexibility index (Phi) is 3.98. The summed E-state index contributed by atoms with van der Waals surface area (Å²) in [6, 6.07) is 1.55. The lowest BCUT2D eigenvalue weighted by Crippen LogP contribution is -2.30. The Labute approximate surface area is 128 Å². The van der Waals surface area contributed by atoms with Crippen LogP contribution in [0.4, 0.5) is 0 Å². The lowest BCUT2D eigenvalue weighted by Gasteiger charge is -2.21. The zero-order valence-electron chi connectivity index (χ0n) is 12.8. The van der Waals surface area contributed by atoms with Crippen molar-refractivity contribution in [1.29, 1.82) is 0 Å². The van der Waals surface area contributed by atoms with Gasteiger partial charge in [-0.3, -0.25) is 4.79 Å². The Morgan fingerprint density at radius 3 is 3.00 bits per heavy atom. The van der Waals surface area contributed by atoms with Crippen LogP contribution in [0.3, 0.4) is 0 Å². The molecule has 1 amide bonds. The number of carbonyl (C=O) groups excluding carboxylic acids is 1. The summed E-state index contributed by atoms with van der Waals surface area (Å²) in [5.41, 5.74) is 6.03. The van der Waals surface area contributed by atoms with Crippen molar-refractivity contribution < 1.29 is 13.7 Å². The average Bonchev–Trinajstić information content (AvgIpc) is 3.24. The molecule has 7 nitrogen and oxygen atoms in total. The second-order valence-electron chi connectivity index (χ2n) is 5.81. The zero-order chi connectivity index (χ0) is 15.7. The highest BCUT2D eigenvalue weighted by Crippen LogP contribution is 2.32. The molecule has 1 fully saturated rings. The second-order valence-corrected chi connectivity index (χ2v) is 5.81. The first-order valence-corrected chi connectivity index (χ1v) is 7.52. The Bertz CT molecular complexity index is 661. The van der Waals surface area contributed by atoms with E-state index >= 15 is 0 Å². The first kappa shape index (κ1) is 14.8. The molecule has 0 saturated carbocycles. The van der Waals surface area contributed by atoms with Crippen LogP contribution in [-0.2, 0) is 6.54 Å². The van der Waals surface area contributed by atoms with Crippen LogP contribution in [0.15, 0.2) is 21.3 Å². The van der Waals surface area contributed by atoms with Crippen LogP contribution < -0.4 is 5.73 Å².